The molecule has 0 bridgehead atoms. The van der Waals surface area contributed by atoms with E-state index in [1.165, 1.54) is 23.3 Å². The molecular formula is C11H12FNO3. The van der Waals surface area contributed by atoms with Crippen LogP contribution in [0, 0.1) is 5.82 Å². The first-order valence-corrected chi connectivity index (χ1v) is 5.07. The van der Waals surface area contributed by atoms with Crippen molar-refractivity contribution in [2.45, 2.75) is 6.42 Å². The number of hydrogen-bond donors (Lipinski definition) is 0. The molecule has 4 nitrogen and oxygen atoms in total. The third-order valence-electron chi connectivity index (χ3n) is 2.19. The highest BCUT2D eigenvalue weighted by molar-refractivity contribution is 5.76. The molecule has 0 aromatic heterocycles. The van der Waals surface area contributed by atoms with Crippen LogP contribution in [0.5, 0.6) is 5.75 Å². The third kappa shape index (κ3) is 2.70. The standard InChI is InChI=1S/C11H12FNO3/c12-9-3-1-4-10(7-9)15-8-11(14)13-5-2-6-16-13/h1,3-4,7H,2,5-6,8H2. The van der Waals surface area contributed by atoms with E-state index >= 15 is 0 Å². The number of rotatable bonds is 3. The summed E-state index contributed by atoms with van der Waals surface area (Å²) in [5, 5.41) is 1.28. The molecule has 1 aliphatic rings. The van der Waals surface area contributed by atoms with Crippen molar-refractivity contribution in [3.63, 3.8) is 0 Å². The lowest BCUT2D eigenvalue weighted by Crippen LogP contribution is -2.31. The zero-order valence-corrected chi connectivity index (χ0v) is 8.69. The molecule has 1 aromatic carbocycles. The quantitative estimate of drug-likeness (QED) is 0.779. The summed E-state index contributed by atoms with van der Waals surface area (Å²) < 4.78 is 17.9. The smallest absolute Gasteiger partial charge is 0.283 e. The van der Waals surface area contributed by atoms with Crippen LogP contribution in [0.2, 0.25) is 0 Å². The van der Waals surface area contributed by atoms with Gasteiger partial charge < -0.3 is 4.74 Å². The van der Waals surface area contributed by atoms with Gasteiger partial charge in [0.25, 0.3) is 5.91 Å². The van der Waals surface area contributed by atoms with Gasteiger partial charge in [-0.2, -0.15) is 0 Å². The Morgan fingerprint density at radius 2 is 2.44 bits per heavy atom. The molecule has 1 amide bonds. The zero-order valence-electron chi connectivity index (χ0n) is 8.69. The number of ether oxygens (including phenoxy) is 1. The van der Waals surface area contributed by atoms with E-state index in [4.69, 9.17) is 9.57 Å². The van der Waals surface area contributed by atoms with Gasteiger partial charge in [-0.1, -0.05) is 6.07 Å². The molecule has 0 aliphatic carbocycles. The molecule has 1 fully saturated rings. The average Bonchev–Trinajstić information content (AvgIpc) is 2.79. The van der Waals surface area contributed by atoms with E-state index in [0.29, 0.717) is 18.9 Å². The molecule has 1 heterocycles. The second-order valence-corrected chi connectivity index (χ2v) is 3.43. The average molecular weight is 225 g/mol. The van der Waals surface area contributed by atoms with Crippen molar-refractivity contribution in [2.75, 3.05) is 19.8 Å². The first kappa shape index (κ1) is 10.9. The summed E-state index contributed by atoms with van der Waals surface area (Å²) in [6.07, 6.45) is 0.839. The van der Waals surface area contributed by atoms with E-state index in [1.807, 2.05) is 0 Å². The van der Waals surface area contributed by atoms with Crippen molar-refractivity contribution in [3.05, 3.63) is 30.1 Å². The summed E-state index contributed by atoms with van der Waals surface area (Å²) in [5.41, 5.74) is 0. The van der Waals surface area contributed by atoms with Gasteiger partial charge in [0.15, 0.2) is 6.61 Å². The fourth-order valence-corrected chi connectivity index (χ4v) is 1.42. The number of nitrogens with zero attached hydrogens (tertiary/aromatic N) is 1. The van der Waals surface area contributed by atoms with Crippen LogP contribution in [0.15, 0.2) is 24.3 Å². The van der Waals surface area contributed by atoms with E-state index in [1.54, 1.807) is 6.07 Å². The summed E-state index contributed by atoms with van der Waals surface area (Å²) in [7, 11) is 0. The van der Waals surface area contributed by atoms with E-state index in [2.05, 4.69) is 0 Å². The molecule has 16 heavy (non-hydrogen) atoms. The van der Waals surface area contributed by atoms with Crippen LogP contribution < -0.4 is 4.74 Å². The maximum absolute atomic E-state index is 12.8. The van der Waals surface area contributed by atoms with Crippen LogP contribution in [0.4, 0.5) is 4.39 Å². The number of carbonyl (C=O) groups excluding carboxylic acids is 1. The molecule has 1 aliphatic heterocycles. The minimum absolute atomic E-state index is 0.135. The lowest BCUT2D eigenvalue weighted by Gasteiger charge is -2.14. The summed E-state index contributed by atoms with van der Waals surface area (Å²) in [4.78, 5) is 16.5. The molecule has 2 rings (SSSR count). The lowest BCUT2D eigenvalue weighted by molar-refractivity contribution is -0.170. The van der Waals surface area contributed by atoms with Crippen molar-refractivity contribution < 1.29 is 18.8 Å². The number of hydroxylamine groups is 2. The highest BCUT2D eigenvalue weighted by Crippen LogP contribution is 2.12. The highest BCUT2D eigenvalue weighted by atomic mass is 19.1. The normalized spacial score (nSPS) is 15.2. The van der Waals surface area contributed by atoms with E-state index in [9.17, 15) is 9.18 Å². The number of carbonyl (C=O) groups is 1. The fraction of sp³-hybridized carbons (Fsp3) is 0.364. The molecule has 0 atom stereocenters. The van der Waals surface area contributed by atoms with Gasteiger partial charge in [0.05, 0.1) is 13.2 Å². The second kappa shape index (κ2) is 4.94. The maximum Gasteiger partial charge on any atom is 0.283 e. The van der Waals surface area contributed by atoms with Gasteiger partial charge in [0.1, 0.15) is 11.6 Å². The molecule has 0 radical (unpaired) electrons. The van der Waals surface area contributed by atoms with Crippen LogP contribution in [0.3, 0.4) is 0 Å². The van der Waals surface area contributed by atoms with Crippen LogP contribution in [0.1, 0.15) is 6.42 Å². The second-order valence-electron chi connectivity index (χ2n) is 3.43. The Bertz CT molecular complexity index is 377. The topological polar surface area (TPSA) is 38.8 Å². The van der Waals surface area contributed by atoms with Gasteiger partial charge in [0, 0.05) is 6.07 Å². The van der Waals surface area contributed by atoms with Crippen molar-refractivity contribution in [1.82, 2.24) is 5.06 Å². The number of benzene rings is 1. The Hall–Kier alpha value is -1.62. The minimum atomic E-state index is -0.387. The SMILES string of the molecule is O=C(COc1cccc(F)c1)N1CCCO1. The Morgan fingerprint density at radius 1 is 1.56 bits per heavy atom. The summed E-state index contributed by atoms with van der Waals surface area (Å²) in [5.74, 6) is -0.295. The van der Waals surface area contributed by atoms with Crippen molar-refractivity contribution in [1.29, 1.82) is 0 Å². The summed E-state index contributed by atoms with van der Waals surface area (Å²) >= 11 is 0. The number of amides is 1. The predicted octanol–water partition coefficient (Wildman–Crippen LogP) is 1.37. The molecule has 1 aromatic rings. The van der Waals surface area contributed by atoms with Crippen LogP contribution in [0.25, 0.3) is 0 Å². The van der Waals surface area contributed by atoms with Gasteiger partial charge in [-0.3, -0.25) is 9.63 Å². The van der Waals surface area contributed by atoms with Gasteiger partial charge in [-0.15, -0.1) is 0 Å². The van der Waals surface area contributed by atoms with E-state index in [0.717, 1.165) is 6.42 Å². The highest BCUT2D eigenvalue weighted by Gasteiger charge is 2.19. The van der Waals surface area contributed by atoms with Crippen LogP contribution in [-0.2, 0) is 9.63 Å². The first-order valence-electron chi connectivity index (χ1n) is 5.07. The molecule has 1 saturated heterocycles. The Kier molecular flexibility index (Phi) is 3.36. The maximum atomic E-state index is 12.8. The summed E-state index contributed by atoms with van der Waals surface area (Å²) in [6.45, 7) is 1.01. The molecule has 86 valence electrons. The van der Waals surface area contributed by atoms with E-state index in [-0.39, 0.29) is 18.3 Å². The fourth-order valence-electron chi connectivity index (χ4n) is 1.42. The first-order chi connectivity index (χ1) is 7.75. The molecule has 5 heteroatoms. The molecule has 0 saturated carbocycles. The van der Waals surface area contributed by atoms with Gasteiger partial charge in [0.2, 0.25) is 0 Å². The van der Waals surface area contributed by atoms with Gasteiger partial charge in [-0.25, -0.2) is 9.45 Å². The Morgan fingerprint density at radius 3 is 3.12 bits per heavy atom. The number of halogens is 1. The zero-order chi connectivity index (χ0) is 11.4. The monoisotopic (exact) mass is 225 g/mol. The van der Waals surface area contributed by atoms with Crippen molar-refractivity contribution >= 4 is 5.91 Å². The summed E-state index contributed by atoms with van der Waals surface area (Å²) in [6, 6.07) is 5.68. The molecule has 0 unspecified atom stereocenters. The number of hydrogen-bond acceptors (Lipinski definition) is 3. The molecular weight excluding hydrogens is 213 g/mol. The van der Waals surface area contributed by atoms with E-state index < -0.39 is 0 Å². The van der Waals surface area contributed by atoms with Crippen molar-refractivity contribution in [2.24, 2.45) is 0 Å². The third-order valence-corrected chi connectivity index (χ3v) is 2.19. The Balaban J connectivity index is 1.84. The van der Waals surface area contributed by atoms with Gasteiger partial charge in [-0.05, 0) is 18.6 Å². The molecule has 0 N–H and O–H groups in total. The Labute approximate surface area is 92.5 Å². The van der Waals surface area contributed by atoms with Crippen molar-refractivity contribution in [3.8, 4) is 5.75 Å². The largest absolute Gasteiger partial charge is 0.484 e. The minimum Gasteiger partial charge on any atom is -0.484 e. The predicted molar refractivity (Wildman–Crippen MR) is 54.2 cm³/mol. The lowest BCUT2D eigenvalue weighted by atomic mass is 10.3. The van der Waals surface area contributed by atoms with Gasteiger partial charge >= 0.3 is 0 Å². The van der Waals surface area contributed by atoms with Crippen LogP contribution >= 0.6 is 0 Å². The van der Waals surface area contributed by atoms with Crippen LogP contribution in [-0.4, -0.2) is 30.7 Å². The molecule has 0 spiro atoms.